The minimum atomic E-state index is -1.86. The van der Waals surface area contributed by atoms with Gasteiger partial charge in [0, 0.05) is 28.7 Å². The van der Waals surface area contributed by atoms with E-state index in [-0.39, 0.29) is 30.8 Å². The molecule has 3 aromatic rings. The van der Waals surface area contributed by atoms with Crippen LogP contribution in [0.15, 0.2) is 29.1 Å². The van der Waals surface area contributed by atoms with Gasteiger partial charge in [-0.2, -0.15) is 0 Å². The summed E-state index contributed by atoms with van der Waals surface area (Å²) in [5.41, 5.74) is 8.35. The number of carbonyl (C=O) groups excluding carboxylic acids is 1. The average Bonchev–Trinajstić information content (AvgIpc) is 3.11. The topological polar surface area (TPSA) is 140 Å². The van der Waals surface area contributed by atoms with Crippen LogP contribution in [0.1, 0.15) is 30.0 Å². The molecule has 0 radical (unpaired) electrons. The Kier molecular flexibility index (Phi) is 4.28. The fraction of sp³-hybridized carbons (Fsp3) is 0.318. The third-order valence-corrected chi connectivity index (χ3v) is 6.06. The van der Waals surface area contributed by atoms with E-state index in [0.717, 1.165) is 10.9 Å². The molecule has 0 bridgehead atoms. The van der Waals surface area contributed by atoms with Crippen molar-refractivity contribution in [3.8, 4) is 11.4 Å². The number of benzene rings is 1. The lowest BCUT2D eigenvalue weighted by Gasteiger charge is -2.31. The molecule has 0 saturated heterocycles. The molecule has 160 valence electrons. The number of aromatic nitrogens is 2. The van der Waals surface area contributed by atoms with Crippen LogP contribution in [0, 0.1) is 0 Å². The number of ether oxygens (including phenoxy) is 1. The molecule has 0 fully saturated rings. The molecule has 4 heterocycles. The second-order valence-electron chi connectivity index (χ2n) is 7.89. The first-order chi connectivity index (χ1) is 14.9. The number of aliphatic hydroxyl groups excluding tert-OH is 1. The Morgan fingerprint density at radius 1 is 1.29 bits per heavy atom. The van der Waals surface area contributed by atoms with E-state index in [2.05, 4.69) is 5.32 Å². The molecule has 5 N–H and O–H groups in total. The van der Waals surface area contributed by atoms with Gasteiger partial charge < -0.3 is 30.6 Å². The fourth-order valence-corrected chi connectivity index (χ4v) is 4.45. The van der Waals surface area contributed by atoms with Gasteiger partial charge in [0.1, 0.15) is 6.61 Å². The van der Waals surface area contributed by atoms with Gasteiger partial charge in [0.05, 0.1) is 41.3 Å². The van der Waals surface area contributed by atoms with Gasteiger partial charge in [-0.3, -0.25) is 4.79 Å². The lowest BCUT2D eigenvalue weighted by Crippen LogP contribution is -2.44. The first-order valence-electron chi connectivity index (χ1n) is 10.1. The number of hydrogen-bond acceptors (Lipinski definition) is 8. The third kappa shape index (κ3) is 2.74. The molecule has 0 saturated carbocycles. The summed E-state index contributed by atoms with van der Waals surface area (Å²) in [6.07, 6.45) is 0.0915. The maximum Gasteiger partial charge on any atom is 0.343 e. The van der Waals surface area contributed by atoms with Gasteiger partial charge in [-0.25, -0.2) is 9.78 Å². The third-order valence-electron chi connectivity index (χ3n) is 6.06. The normalized spacial score (nSPS) is 19.0. The largest absolute Gasteiger partial charge is 0.458 e. The number of hydrogen-bond donors (Lipinski definition) is 4. The van der Waals surface area contributed by atoms with E-state index < -0.39 is 11.6 Å². The van der Waals surface area contributed by atoms with Crippen LogP contribution in [0.3, 0.4) is 0 Å². The summed E-state index contributed by atoms with van der Waals surface area (Å²) < 4.78 is 6.69. The molecule has 0 amide bonds. The van der Waals surface area contributed by atoms with E-state index in [4.69, 9.17) is 15.5 Å². The number of anilines is 2. The second kappa shape index (κ2) is 6.79. The van der Waals surface area contributed by atoms with E-state index in [1.165, 1.54) is 0 Å². The molecular formula is C22H22N4O5. The van der Waals surface area contributed by atoms with Crippen molar-refractivity contribution in [3.63, 3.8) is 0 Å². The summed E-state index contributed by atoms with van der Waals surface area (Å²) in [5, 5.41) is 24.1. The van der Waals surface area contributed by atoms with E-state index >= 15 is 0 Å². The lowest BCUT2D eigenvalue weighted by atomic mass is 9.86. The molecule has 1 atom stereocenters. The standard InChI is InChI=1S/C22H22N4O5/c1-2-22(30)15-8-17-19-12(9-26(17)20(28)14(15)10-31-21(22)29)5-11-6-13(23)7-16(18(11)25-19)24-3-4-27/h5-8,24,27,30H,2-4,9-10,23H2,1H3/t22-/m0/s1. The Morgan fingerprint density at radius 2 is 2.10 bits per heavy atom. The molecule has 9 nitrogen and oxygen atoms in total. The Bertz CT molecular complexity index is 1320. The monoisotopic (exact) mass is 422 g/mol. The van der Waals surface area contributed by atoms with Crippen LogP contribution in [0.2, 0.25) is 0 Å². The zero-order valence-corrected chi connectivity index (χ0v) is 16.9. The molecule has 9 heteroatoms. The molecule has 0 aliphatic carbocycles. The molecule has 5 rings (SSSR count). The van der Waals surface area contributed by atoms with Crippen molar-refractivity contribution in [1.82, 2.24) is 9.55 Å². The van der Waals surface area contributed by atoms with Crippen LogP contribution in [0.25, 0.3) is 22.3 Å². The Morgan fingerprint density at radius 3 is 2.84 bits per heavy atom. The molecule has 31 heavy (non-hydrogen) atoms. The second-order valence-corrected chi connectivity index (χ2v) is 7.89. The molecule has 1 aromatic carbocycles. The smallest absolute Gasteiger partial charge is 0.343 e. The molecule has 0 unspecified atom stereocenters. The van der Waals surface area contributed by atoms with Crippen molar-refractivity contribution in [2.75, 3.05) is 24.2 Å². The van der Waals surface area contributed by atoms with Gasteiger partial charge in [-0.1, -0.05) is 6.92 Å². The van der Waals surface area contributed by atoms with Crippen molar-refractivity contribution in [3.05, 3.63) is 51.3 Å². The van der Waals surface area contributed by atoms with Crippen LogP contribution in [-0.2, 0) is 28.3 Å². The van der Waals surface area contributed by atoms with Crippen molar-refractivity contribution < 1.29 is 19.7 Å². The maximum atomic E-state index is 13.2. The van der Waals surface area contributed by atoms with E-state index in [1.807, 2.05) is 12.1 Å². The number of cyclic esters (lactones) is 1. The Balaban J connectivity index is 1.75. The summed E-state index contributed by atoms with van der Waals surface area (Å²) in [6, 6.07) is 7.19. The quantitative estimate of drug-likeness (QED) is 0.283. The van der Waals surface area contributed by atoms with E-state index in [0.29, 0.717) is 46.9 Å². The van der Waals surface area contributed by atoms with Gasteiger partial charge >= 0.3 is 5.97 Å². The number of nitrogens with one attached hydrogen (secondary N) is 1. The summed E-state index contributed by atoms with van der Waals surface area (Å²) >= 11 is 0. The number of fused-ring (bicyclic) bond motifs is 5. The van der Waals surface area contributed by atoms with Gasteiger partial charge in [-0.15, -0.1) is 0 Å². The predicted molar refractivity (Wildman–Crippen MR) is 115 cm³/mol. The molecular weight excluding hydrogens is 400 g/mol. The SMILES string of the molecule is CC[C@@]1(O)C(=O)OCc2c1cc1n(c2=O)Cc2cc3cc(N)cc(NCCO)c3nc2-1. The number of nitrogen functional groups attached to an aromatic ring is 1. The average molecular weight is 422 g/mol. The highest BCUT2D eigenvalue weighted by Gasteiger charge is 2.45. The zero-order chi connectivity index (χ0) is 21.9. The van der Waals surface area contributed by atoms with Crippen molar-refractivity contribution in [2.24, 2.45) is 0 Å². The first-order valence-corrected chi connectivity index (χ1v) is 10.1. The first kappa shape index (κ1) is 19.5. The number of esters is 1. The number of nitrogens with zero attached hydrogens (tertiary/aromatic N) is 2. The Hall–Kier alpha value is -3.43. The summed E-state index contributed by atoms with van der Waals surface area (Å²) in [5.74, 6) is -0.748. The van der Waals surface area contributed by atoms with Crippen LogP contribution in [-0.4, -0.2) is 38.9 Å². The molecule has 2 aromatic heterocycles. The number of nitrogens with two attached hydrogens (primary N) is 1. The van der Waals surface area contributed by atoms with E-state index in [9.17, 15) is 19.8 Å². The zero-order valence-electron chi connectivity index (χ0n) is 16.9. The summed E-state index contributed by atoms with van der Waals surface area (Å²) in [7, 11) is 0. The van der Waals surface area contributed by atoms with Crippen LogP contribution < -0.4 is 16.6 Å². The highest BCUT2D eigenvalue weighted by atomic mass is 16.6. The predicted octanol–water partition coefficient (Wildman–Crippen LogP) is 1.07. The number of rotatable bonds is 4. The molecule has 2 aliphatic rings. The summed E-state index contributed by atoms with van der Waals surface area (Å²) in [6.45, 7) is 2.13. The highest BCUT2D eigenvalue weighted by Crippen LogP contribution is 2.39. The van der Waals surface area contributed by atoms with Gasteiger partial charge in [0.15, 0.2) is 5.60 Å². The minimum Gasteiger partial charge on any atom is -0.458 e. The van der Waals surface area contributed by atoms with Crippen molar-refractivity contribution >= 4 is 28.2 Å². The maximum absolute atomic E-state index is 13.2. The molecule has 2 aliphatic heterocycles. The molecule has 0 spiro atoms. The highest BCUT2D eigenvalue weighted by molar-refractivity contribution is 5.96. The van der Waals surface area contributed by atoms with Gasteiger partial charge in [0.2, 0.25) is 0 Å². The van der Waals surface area contributed by atoms with Crippen LogP contribution in [0.5, 0.6) is 0 Å². The van der Waals surface area contributed by atoms with Gasteiger partial charge in [0.25, 0.3) is 5.56 Å². The van der Waals surface area contributed by atoms with Crippen LogP contribution in [0.4, 0.5) is 11.4 Å². The van der Waals surface area contributed by atoms with Crippen LogP contribution >= 0.6 is 0 Å². The van der Waals surface area contributed by atoms with Crippen molar-refractivity contribution in [1.29, 1.82) is 0 Å². The Labute approximate surface area is 177 Å². The van der Waals surface area contributed by atoms with Gasteiger partial charge in [-0.05, 0) is 30.7 Å². The fourth-order valence-electron chi connectivity index (χ4n) is 4.45. The number of pyridine rings is 2. The minimum absolute atomic E-state index is 0.0443. The summed E-state index contributed by atoms with van der Waals surface area (Å²) in [4.78, 5) is 30.3. The lowest BCUT2D eigenvalue weighted by molar-refractivity contribution is -0.172. The van der Waals surface area contributed by atoms with E-state index in [1.54, 1.807) is 23.6 Å². The number of carbonyl (C=O) groups is 1. The number of aliphatic hydroxyl groups is 2. The van der Waals surface area contributed by atoms with Crippen molar-refractivity contribution in [2.45, 2.75) is 32.1 Å².